The lowest BCUT2D eigenvalue weighted by Gasteiger charge is -2.29. The summed E-state index contributed by atoms with van der Waals surface area (Å²) < 4.78 is 1.87. The van der Waals surface area contributed by atoms with Gasteiger partial charge in [-0.2, -0.15) is 0 Å². The van der Waals surface area contributed by atoms with Crippen molar-refractivity contribution in [1.82, 2.24) is 14.9 Å². The van der Waals surface area contributed by atoms with Crippen molar-refractivity contribution in [2.75, 3.05) is 18.0 Å². The summed E-state index contributed by atoms with van der Waals surface area (Å²) >= 11 is 0. The molecule has 116 valence electrons. The topological polar surface area (TPSA) is 50.2 Å². The second-order valence-corrected chi connectivity index (χ2v) is 7.31. The Morgan fingerprint density at radius 3 is 2.76 bits per heavy atom. The second kappa shape index (κ2) is 5.44. The van der Waals surface area contributed by atoms with Gasteiger partial charge in [0.25, 0.3) is 5.56 Å². The van der Waals surface area contributed by atoms with Gasteiger partial charge in [-0.1, -0.05) is 0 Å². The van der Waals surface area contributed by atoms with Crippen LogP contribution in [-0.4, -0.2) is 34.2 Å². The van der Waals surface area contributed by atoms with Crippen LogP contribution in [0.4, 0.5) is 5.82 Å². The maximum Gasteiger partial charge on any atom is 0.293 e. The predicted octanol–water partition coefficient (Wildman–Crippen LogP) is 1.94. The minimum atomic E-state index is 0.0858. The molecule has 5 nitrogen and oxygen atoms in total. The molecule has 1 saturated carbocycles. The fourth-order valence-electron chi connectivity index (χ4n) is 3.00. The normalized spacial score (nSPS) is 22.8. The van der Waals surface area contributed by atoms with Crippen molar-refractivity contribution in [2.45, 2.75) is 64.1 Å². The molecular formula is C16H26N4O. The van der Waals surface area contributed by atoms with Gasteiger partial charge >= 0.3 is 0 Å². The first-order valence-electron chi connectivity index (χ1n) is 8.04. The van der Waals surface area contributed by atoms with Gasteiger partial charge in [0.2, 0.25) is 0 Å². The first-order valence-corrected chi connectivity index (χ1v) is 8.04. The van der Waals surface area contributed by atoms with E-state index in [9.17, 15) is 4.79 Å². The summed E-state index contributed by atoms with van der Waals surface area (Å²) in [6, 6.07) is 0.785. The van der Waals surface area contributed by atoms with E-state index in [1.54, 1.807) is 6.20 Å². The van der Waals surface area contributed by atoms with Crippen molar-refractivity contribution in [2.24, 2.45) is 0 Å². The quantitative estimate of drug-likeness (QED) is 0.920. The number of anilines is 1. The first kappa shape index (κ1) is 14.6. The van der Waals surface area contributed by atoms with E-state index >= 15 is 0 Å². The molecule has 3 rings (SSSR count). The molecule has 0 bridgehead atoms. The van der Waals surface area contributed by atoms with Crippen molar-refractivity contribution >= 4 is 5.82 Å². The third-order valence-electron chi connectivity index (χ3n) is 4.31. The van der Waals surface area contributed by atoms with E-state index in [0.717, 1.165) is 38.8 Å². The molecule has 1 saturated heterocycles. The summed E-state index contributed by atoms with van der Waals surface area (Å²) in [5.74, 6) is 0.641. The molecule has 1 aromatic rings. The molecule has 1 aliphatic heterocycles. The van der Waals surface area contributed by atoms with Crippen molar-refractivity contribution in [1.29, 1.82) is 0 Å². The van der Waals surface area contributed by atoms with Crippen LogP contribution in [0.1, 0.15) is 52.5 Å². The van der Waals surface area contributed by atoms with Crippen LogP contribution in [0.15, 0.2) is 17.2 Å². The van der Waals surface area contributed by atoms with E-state index in [1.807, 2.05) is 10.8 Å². The highest BCUT2D eigenvalue weighted by Gasteiger charge is 2.31. The lowest BCUT2D eigenvalue weighted by molar-refractivity contribution is 0.404. The summed E-state index contributed by atoms with van der Waals surface area (Å²) in [5.41, 5.74) is 0.190. The third-order valence-corrected chi connectivity index (χ3v) is 4.31. The molecule has 1 aromatic heterocycles. The Labute approximate surface area is 126 Å². The average Bonchev–Trinajstić information content (AvgIpc) is 3.14. The number of nitrogens with zero attached hydrogens (tertiary/aromatic N) is 3. The van der Waals surface area contributed by atoms with Crippen LogP contribution in [0.5, 0.6) is 0 Å². The average molecular weight is 290 g/mol. The molecule has 1 atom stereocenters. The monoisotopic (exact) mass is 290 g/mol. The van der Waals surface area contributed by atoms with E-state index in [4.69, 9.17) is 0 Å². The highest BCUT2D eigenvalue weighted by molar-refractivity contribution is 5.39. The molecule has 2 heterocycles. The van der Waals surface area contributed by atoms with Crippen LogP contribution in [0, 0.1) is 0 Å². The minimum absolute atomic E-state index is 0.0858. The van der Waals surface area contributed by atoms with Crippen LogP contribution in [0.25, 0.3) is 0 Å². The van der Waals surface area contributed by atoms with Crippen molar-refractivity contribution in [3.05, 3.63) is 22.7 Å². The Kier molecular flexibility index (Phi) is 3.78. The zero-order chi connectivity index (χ0) is 15.0. The Bertz CT molecular complexity index is 556. The molecule has 1 aliphatic carbocycles. The third kappa shape index (κ3) is 3.28. The highest BCUT2D eigenvalue weighted by atomic mass is 16.1. The molecule has 2 fully saturated rings. The van der Waals surface area contributed by atoms with Crippen LogP contribution in [0.2, 0.25) is 0 Å². The van der Waals surface area contributed by atoms with E-state index in [1.165, 1.54) is 0 Å². The summed E-state index contributed by atoms with van der Waals surface area (Å²) in [6.45, 7) is 8.36. The zero-order valence-corrected chi connectivity index (χ0v) is 13.3. The molecule has 2 aliphatic rings. The summed E-state index contributed by atoms with van der Waals surface area (Å²) in [5, 5.41) is 3.55. The molecule has 21 heavy (non-hydrogen) atoms. The summed E-state index contributed by atoms with van der Waals surface area (Å²) in [6.07, 6.45) is 8.12. The molecular weight excluding hydrogens is 264 g/mol. The number of nitrogens with one attached hydrogen (secondary N) is 1. The van der Waals surface area contributed by atoms with Gasteiger partial charge in [-0.3, -0.25) is 4.79 Å². The second-order valence-electron chi connectivity index (χ2n) is 7.31. The number of aromatic nitrogens is 2. The largest absolute Gasteiger partial charge is 0.348 e. The van der Waals surface area contributed by atoms with Gasteiger partial charge in [0.15, 0.2) is 5.82 Å². The molecule has 5 heteroatoms. The standard InChI is InChI=1S/C16H26N4O/c1-16(2,3)18-11-13-5-4-9-19(13)14-15(21)20(10-8-17-14)12-6-7-12/h8,10,12-13,18H,4-7,9,11H2,1-3H3. The summed E-state index contributed by atoms with van der Waals surface area (Å²) in [7, 11) is 0. The first-order chi connectivity index (χ1) is 9.96. The lowest BCUT2D eigenvalue weighted by atomic mass is 10.1. The lowest BCUT2D eigenvalue weighted by Crippen LogP contribution is -2.47. The van der Waals surface area contributed by atoms with Gasteiger partial charge in [-0.25, -0.2) is 4.98 Å². The Morgan fingerprint density at radius 1 is 1.33 bits per heavy atom. The van der Waals surface area contributed by atoms with Crippen LogP contribution in [-0.2, 0) is 0 Å². The number of rotatable bonds is 4. The Hall–Kier alpha value is -1.36. The van der Waals surface area contributed by atoms with Gasteiger partial charge in [0, 0.05) is 43.1 Å². The zero-order valence-electron chi connectivity index (χ0n) is 13.3. The van der Waals surface area contributed by atoms with Crippen LogP contribution in [0.3, 0.4) is 0 Å². The van der Waals surface area contributed by atoms with Crippen molar-refractivity contribution in [3.63, 3.8) is 0 Å². The van der Waals surface area contributed by atoms with E-state index in [0.29, 0.717) is 17.9 Å². The number of hydrogen-bond acceptors (Lipinski definition) is 4. The highest BCUT2D eigenvalue weighted by Crippen LogP contribution is 2.33. The molecule has 1 unspecified atom stereocenters. The van der Waals surface area contributed by atoms with E-state index < -0.39 is 0 Å². The number of hydrogen-bond donors (Lipinski definition) is 1. The van der Waals surface area contributed by atoms with Crippen LogP contribution >= 0.6 is 0 Å². The maximum absolute atomic E-state index is 12.6. The summed E-state index contributed by atoms with van der Waals surface area (Å²) in [4.78, 5) is 19.2. The van der Waals surface area contributed by atoms with Gasteiger partial charge < -0.3 is 14.8 Å². The molecule has 0 amide bonds. The fraction of sp³-hybridized carbons (Fsp3) is 0.750. The Balaban J connectivity index is 1.79. The maximum atomic E-state index is 12.6. The molecule has 0 radical (unpaired) electrons. The minimum Gasteiger partial charge on any atom is -0.348 e. The SMILES string of the molecule is CC(C)(C)NCC1CCCN1c1nccn(C2CC2)c1=O. The van der Waals surface area contributed by atoms with E-state index in [2.05, 4.69) is 36.0 Å². The van der Waals surface area contributed by atoms with Gasteiger partial charge in [0.1, 0.15) is 0 Å². The molecule has 1 N–H and O–H groups in total. The van der Waals surface area contributed by atoms with Crippen molar-refractivity contribution in [3.8, 4) is 0 Å². The predicted molar refractivity (Wildman–Crippen MR) is 84.9 cm³/mol. The smallest absolute Gasteiger partial charge is 0.293 e. The molecule has 0 spiro atoms. The van der Waals surface area contributed by atoms with Gasteiger partial charge in [-0.15, -0.1) is 0 Å². The van der Waals surface area contributed by atoms with E-state index in [-0.39, 0.29) is 11.1 Å². The van der Waals surface area contributed by atoms with Gasteiger partial charge in [0.05, 0.1) is 0 Å². The van der Waals surface area contributed by atoms with Crippen molar-refractivity contribution < 1.29 is 0 Å². The fourth-order valence-corrected chi connectivity index (χ4v) is 3.00. The molecule has 0 aromatic carbocycles. The van der Waals surface area contributed by atoms with Gasteiger partial charge in [-0.05, 0) is 46.5 Å². The van der Waals surface area contributed by atoms with Crippen LogP contribution < -0.4 is 15.8 Å². The Morgan fingerprint density at radius 2 is 2.10 bits per heavy atom.